The van der Waals surface area contributed by atoms with Gasteiger partial charge in [-0.2, -0.15) is 0 Å². The van der Waals surface area contributed by atoms with Crippen molar-refractivity contribution in [3.63, 3.8) is 0 Å². The number of ether oxygens (including phenoxy) is 2. The third kappa shape index (κ3) is 3.44. The van der Waals surface area contributed by atoms with Crippen molar-refractivity contribution in [1.82, 2.24) is 4.90 Å². The minimum atomic E-state index is -3.04. The molecule has 0 saturated carbocycles. The maximum Gasteiger partial charge on any atom is 0.254 e. The molecule has 1 aromatic carbocycles. The summed E-state index contributed by atoms with van der Waals surface area (Å²) in [5, 5.41) is 0. The number of rotatable bonds is 4. The molecule has 0 aliphatic carbocycles. The summed E-state index contributed by atoms with van der Waals surface area (Å²) in [7, 11) is -3.04. The van der Waals surface area contributed by atoms with Crippen molar-refractivity contribution < 1.29 is 22.7 Å². The molecule has 0 spiro atoms. The molecule has 1 aromatic rings. The third-order valence-corrected chi connectivity index (χ3v) is 5.84. The van der Waals surface area contributed by atoms with E-state index in [9.17, 15) is 13.2 Å². The van der Waals surface area contributed by atoms with Gasteiger partial charge in [0.25, 0.3) is 5.91 Å². The highest BCUT2D eigenvalue weighted by atomic mass is 32.2. The lowest BCUT2D eigenvalue weighted by molar-refractivity contribution is 0.0672. The van der Waals surface area contributed by atoms with Crippen LogP contribution in [0.3, 0.4) is 0 Å². The lowest BCUT2D eigenvalue weighted by atomic mass is 10.1. The van der Waals surface area contributed by atoms with Crippen LogP contribution in [0.15, 0.2) is 18.2 Å². The summed E-state index contributed by atoms with van der Waals surface area (Å²) in [6.45, 7) is 4.73. The van der Waals surface area contributed by atoms with Gasteiger partial charge in [-0.15, -0.1) is 0 Å². The summed E-state index contributed by atoms with van der Waals surface area (Å²) >= 11 is 0. The molecule has 23 heavy (non-hydrogen) atoms. The Bertz CT molecular complexity index is 713. The number of amides is 1. The van der Waals surface area contributed by atoms with Gasteiger partial charge >= 0.3 is 0 Å². The van der Waals surface area contributed by atoms with Gasteiger partial charge in [-0.1, -0.05) is 13.8 Å². The quantitative estimate of drug-likeness (QED) is 0.835. The number of carbonyl (C=O) groups is 1. The van der Waals surface area contributed by atoms with Crippen molar-refractivity contribution in [3.05, 3.63) is 23.8 Å². The molecular weight excluding hydrogens is 318 g/mol. The van der Waals surface area contributed by atoms with Crippen LogP contribution in [0, 0.1) is 5.92 Å². The van der Waals surface area contributed by atoms with Crippen LogP contribution in [0.5, 0.6) is 11.5 Å². The molecule has 7 heteroatoms. The maximum absolute atomic E-state index is 12.9. The first kappa shape index (κ1) is 16.1. The minimum Gasteiger partial charge on any atom is -0.454 e. The van der Waals surface area contributed by atoms with Gasteiger partial charge in [0.1, 0.15) is 0 Å². The molecule has 0 bridgehead atoms. The number of carbonyl (C=O) groups excluding carboxylic acids is 1. The number of sulfone groups is 1. The van der Waals surface area contributed by atoms with Crippen LogP contribution in [0.2, 0.25) is 0 Å². The minimum absolute atomic E-state index is 0.0516. The van der Waals surface area contributed by atoms with Crippen LogP contribution < -0.4 is 9.47 Å². The molecule has 2 heterocycles. The summed E-state index contributed by atoms with van der Waals surface area (Å²) in [6, 6.07) is 4.84. The highest BCUT2D eigenvalue weighted by Gasteiger charge is 2.35. The van der Waals surface area contributed by atoms with Gasteiger partial charge in [0.2, 0.25) is 6.79 Å². The Kier molecular flexibility index (Phi) is 4.23. The lowest BCUT2D eigenvalue weighted by Crippen LogP contribution is -2.43. The van der Waals surface area contributed by atoms with Gasteiger partial charge in [-0.05, 0) is 30.5 Å². The molecule has 0 radical (unpaired) electrons. The number of hydrogen-bond acceptors (Lipinski definition) is 5. The monoisotopic (exact) mass is 339 g/mol. The molecule has 126 valence electrons. The van der Waals surface area contributed by atoms with E-state index in [-0.39, 0.29) is 36.2 Å². The molecule has 6 nitrogen and oxygen atoms in total. The molecule has 3 rings (SSSR count). The van der Waals surface area contributed by atoms with Crippen molar-refractivity contribution in [2.24, 2.45) is 5.92 Å². The molecule has 1 amide bonds. The van der Waals surface area contributed by atoms with Crippen LogP contribution in [-0.4, -0.2) is 50.1 Å². The number of benzene rings is 1. The Balaban J connectivity index is 1.85. The van der Waals surface area contributed by atoms with Crippen LogP contribution in [-0.2, 0) is 9.84 Å². The molecule has 0 N–H and O–H groups in total. The van der Waals surface area contributed by atoms with E-state index in [0.717, 1.165) is 0 Å². The van der Waals surface area contributed by atoms with Crippen molar-refractivity contribution in [2.45, 2.75) is 26.3 Å². The molecule has 1 atom stereocenters. The van der Waals surface area contributed by atoms with Gasteiger partial charge in [-0.3, -0.25) is 4.79 Å². The summed E-state index contributed by atoms with van der Waals surface area (Å²) < 4.78 is 34.1. The van der Waals surface area contributed by atoms with Gasteiger partial charge in [0.05, 0.1) is 11.5 Å². The van der Waals surface area contributed by atoms with Crippen molar-refractivity contribution in [1.29, 1.82) is 0 Å². The molecule has 0 aromatic heterocycles. The molecule has 2 aliphatic heterocycles. The Morgan fingerprint density at radius 3 is 2.70 bits per heavy atom. The zero-order valence-corrected chi connectivity index (χ0v) is 14.1. The van der Waals surface area contributed by atoms with Crippen LogP contribution in [0.25, 0.3) is 0 Å². The Morgan fingerprint density at radius 1 is 1.30 bits per heavy atom. The fraction of sp³-hybridized carbons (Fsp3) is 0.562. The maximum atomic E-state index is 12.9. The molecular formula is C16H21NO5S. The summed E-state index contributed by atoms with van der Waals surface area (Å²) in [5.74, 6) is 1.49. The average Bonchev–Trinajstić information content (AvgIpc) is 3.09. The molecule has 1 saturated heterocycles. The van der Waals surface area contributed by atoms with E-state index in [1.54, 1.807) is 23.1 Å². The first-order valence-electron chi connectivity index (χ1n) is 7.77. The second-order valence-corrected chi connectivity index (χ2v) is 8.70. The van der Waals surface area contributed by atoms with Crippen molar-refractivity contribution >= 4 is 15.7 Å². The van der Waals surface area contributed by atoms with Crippen LogP contribution in [0.4, 0.5) is 0 Å². The summed E-state index contributed by atoms with van der Waals surface area (Å²) in [5.41, 5.74) is 0.499. The largest absolute Gasteiger partial charge is 0.454 e. The van der Waals surface area contributed by atoms with E-state index in [0.29, 0.717) is 30.0 Å². The SMILES string of the molecule is CC(C)CN(C(=O)c1ccc2c(c1)OCO2)[C@H]1CCS(=O)(=O)C1. The van der Waals surface area contributed by atoms with E-state index in [1.165, 1.54) is 0 Å². The first-order chi connectivity index (χ1) is 10.9. The third-order valence-electron chi connectivity index (χ3n) is 4.09. The highest BCUT2D eigenvalue weighted by molar-refractivity contribution is 7.91. The number of nitrogens with zero attached hydrogens (tertiary/aromatic N) is 1. The second kappa shape index (κ2) is 6.03. The van der Waals surface area contributed by atoms with E-state index < -0.39 is 9.84 Å². The Morgan fingerprint density at radius 2 is 2.04 bits per heavy atom. The zero-order chi connectivity index (χ0) is 16.6. The summed E-state index contributed by atoms with van der Waals surface area (Å²) in [6.07, 6.45) is 0.505. The highest BCUT2D eigenvalue weighted by Crippen LogP contribution is 2.33. The smallest absolute Gasteiger partial charge is 0.254 e. The van der Waals surface area contributed by atoms with Crippen LogP contribution >= 0.6 is 0 Å². The predicted molar refractivity (Wildman–Crippen MR) is 85.5 cm³/mol. The van der Waals surface area contributed by atoms with Crippen molar-refractivity contribution in [3.8, 4) is 11.5 Å². The first-order valence-corrected chi connectivity index (χ1v) is 9.59. The topological polar surface area (TPSA) is 72.9 Å². The van der Waals surface area contributed by atoms with Crippen LogP contribution in [0.1, 0.15) is 30.6 Å². The Labute approximate surface area is 136 Å². The lowest BCUT2D eigenvalue weighted by Gasteiger charge is -2.30. The van der Waals surface area contributed by atoms with Gasteiger partial charge in [0, 0.05) is 18.2 Å². The average molecular weight is 339 g/mol. The molecule has 2 aliphatic rings. The number of hydrogen-bond donors (Lipinski definition) is 0. The van der Waals surface area contributed by atoms with Gasteiger partial charge in [0.15, 0.2) is 21.3 Å². The van der Waals surface area contributed by atoms with Gasteiger partial charge < -0.3 is 14.4 Å². The second-order valence-electron chi connectivity index (χ2n) is 6.48. The Hall–Kier alpha value is -1.76. The van der Waals surface area contributed by atoms with E-state index in [1.807, 2.05) is 13.8 Å². The van der Waals surface area contributed by atoms with E-state index in [4.69, 9.17) is 9.47 Å². The van der Waals surface area contributed by atoms with Gasteiger partial charge in [-0.25, -0.2) is 8.42 Å². The number of fused-ring (bicyclic) bond motifs is 1. The molecule has 0 unspecified atom stereocenters. The normalized spacial score (nSPS) is 21.6. The predicted octanol–water partition coefficient (Wildman–Crippen LogP) is 1.70. The fourth-order valence-corrected chi connectivity index (χ4v) is 4.74. The zero-order valence-electron chi connectivity index (χ0n) is 13.3. The molecule has 1 fully saturated rings. The van der Waals surface area contributed by atoms with E-state index >= 15 is 0 Å². The van der Waals surface area contributed by atoms with E-state index in [2.05, 4.69) is 0 Å². The van der Waals surface area contributed by atoms with Crippen molar-refractivity contribution in [2.75, 3.05) is 24.8 Å². The summed E-state index contributed by atoms with van der Waals surface area (Å²) in [4.78, 5) is 14.6. The standard InChI is InChI=1S/C16H21NO5S/c1-11(2)8-17(13-5-6-23(19,20)9-13)16(18)12-3-4-14-15(7-12)22-10-21-14/h3-4,7,11,13H,5-6,8-10H2,1-2H3/t13-/m0/s1. The fourth-order valence-electron chi connectivity index (χ4n) is 3.01.